The molecule has 118 valence electrons. The molecule has 0 atom stereocenters. The normalized spacial score (nSPS) is 11.5. The van der Waals surface area contributed by atoms with E-state index in [0.717, 1.165) is 10.6 Å². The van der Waals surface area contributed by atoms with Crippen molar-refractivity contribution < 1.29 is 8.42 Å². The fourth-order valence-electron chi connectivity index (χ4n) is 1.63. The molecule has 0 amide bonds. The van der Waals surface area contributed by atoms with Crippen molar-refractivity contribution in [3.05, 3.63) is 46.4 Å². The number of hydrogen-bond acceptors (Lipinski definition) is 5. The average molecular weight is 395 g/mol. The van der Waals surface area contributed by atoms with E-state index in [0.29, 0.717) is 14.9 Å². The average Bonchev–Trinajstić information content (AvgIpc) is 2.42. The number of primary sulfonamides is 1. The molecule has 0 aliphatic rings. The van der Waals surface area contributed by atoms with E-state index in [1.54, 1.807) is 24.3 Å². The Morgan fingerprint density at radius 3 is 2.41 bits per heavy atom. The van der Waals surface area contributed by atoms with Gasteiger partial charge in [0, 0.05) is 21.1 Å². The first-order chi connectivity index (χ1) is 10.3. The van der Waals surface area contributed by atoms with Crippen molar-refractivity contribution >= 4 is 62.6 Å². The second-order valence-electron chi connectivity index (χ2n) is 4.19. The summed E-state index contributed by atoms with van der Waals surface area (Å²) in [5.41, 5.74) is 0.774. The number of nitrogens with one attached hydrogen (secondary N) is 1. The van der Waals surface area contributed by atoms with Crippen molar-refractivity contribution in [1.82, 2.24) is 0 Å². The number of hydrogen-bond donors (Lipinski definition) is 2. The second-order valence-corrected chi connectivity index (χ2v) is 8.29. The first-order valence-corrected chi connectivity index (χ1v) is 10.2. The Morgan fingerprint density at radius 2 is 1.82 bits per heavy atom. The maximum atomic E-state index is 11.5. The standard InChI is InChI=1S/C13H12Cl2N2O2S3/c1-20-17-11-4-3-9(22(16,18)19)7-13(11)21-12-5-2-8(14)6-10(12)15/h2-7,17H,1H3,(H2,16,18,19). The summed E-state index contributed by atoms with van der Waals surface area (Å²) in [7, 11) is -3.77. The highest BCUT2D eigenvalue weighted by Crippen LogP contribution is 2.39. The van der Waals surface area contributed by atoms with Crippen LogP contribution in [0.3, 0.4) is 0 Å². The van der Waals surface area contributed by atoms with Crippen molar-refractivity contribution in [2.75, 3.05) is 11.0 Å². The molecule has 0 spiro atoms. The quantitative estimate of drug-likeness (QED) is 0.731. The van der Waals surface area contributed by atoms with Gasteiger partial charge in [0.15, 0.2) is 0 Å². The summed E-state index contributed by atoms with van der Waals surface area (Å²) >= 11 is 14.8. The van der Waals surface area contributed by atoms with Crippen LogP contribution in [-0.2, 0) is 10.0 Å². The zero-order valence-electron chi connectivity index (χ0n) is 11.3. The third-order valence-corrected chi connectivity index (χ3v) is 5.74. The predicted octanol–water partition coefficient (Wildman–Crippen LogP) is 4.48. The van der Waals surface area contributed by atoms with Gasteiger partial charge in [-0.25, -0.2) is 13.6 Å². The molecule has 0 bridgehead atoms. The van der Waals surface area contributed by atoms with E-state index in [1.165, 1.54) is 35.8 Å². The molecule has 0 aromatic heterocycles. The van der Waals surface area contributed by atoms with E-state index in [4.69, 9.17) is 28.3 Å². The van der Waals surface area contributed by atoms with Crippen LogP contribution in [0.25, 0.3) is 0 Å². The molecule has 0 aliphatic heterocycles. The van der Waals surface area contributed by atoms with Gasteiger partial charge in [-0.2, -0.15) is 0 Å². The van der Waals surface area contributed by atoms with Gasteiger partial charge >= 0.3 is 0 Å². The zero-order valence-corrected chi connectivity index (χ0v) is 15.3. The number of halogens is 2. The van der Waals surface area contributed by atoms with Gasteiger partial charge in [-0.1, -0.05) is 46.9 Å². The first-order valence-electron chi connectivity index (χ1n) is 5.90. The minimum absolute atomic E-state index is 0.0479. The fourth-order valence-corrected chi connectivity index (χ4v) is 4.18. The molecule has 3 N–H and O–H groups in total. The van der Waals surface area contributed by atoms with Crippen LogP contribution in [0.4, 0.5) is 5.69 Å². The molecule has 0 fully saturated rings. The lowest BCUT2D eigenvalue weighted by Crippen LogP contribution is -2.12. The molecule has 2 aromatic rings. The molecular formula is C13H12Cl2N2O2S3. The highest BCUT2D eigenvalue weighted by atomic mass is 35.5. The smallest absolute Gasteiger partial charge is 0.238 e. The molecule has 2 aromatic carbocycles. The van der Waals surface area contributed by atoms with Gasteiger partial charge in [0.1, 0.15) is 0 Å². The number of benzene rings is 2. The van der Waals surface area contributed by atoms with E-state index in [-0.39, 0.29) is 4.90 Å². The zero-order chi connectivity index (χ0) is 16.3. The summed E-state index contributed by atoms with van der Waals surface area (Å²) in [5, 5.41) is 6.22. The Labute approximate surface area is 147 Å². The molecule has 0 aliphatic carbocycles. The van der Waals surface area contributed by atoms with Crippen molar-refractivity contribution in [3.63, 3.8) is 0 Å². The van der Waals surface area contributed by atoms with E-state index >= 15 is 0 Å². The summed E-state index contributed by atoms with van der Waals surface area (Å²) < 4.78 is 26.1. The minimum atomic E-state index is -3.77. The van der Waals surface area contributed by atoms with Gasteiger partial charge in [-0.15, -0.1) is 0 Å². The topological polar surface area (TPSA) is 72.2 Å². The Kier molecular flexibility index (Phi) is 5.93. The Morgan fingerprint density at radius 1 is 1.09 bits per heavy atom. The van der Waals surface area contributed by atoms with Gasteiger partial charge in [0.2, 0.25) is 10.0 Å². The summed E-state index contributed by atoms with van der Waals surface area (Å²) in [6, 6.07) is 9.78. The molecule has 0 saturated heterocycles. The van der Waals surface area contributed by atoms with Crippen LogP contribution in [0.2, 0.25) is 10.0 Å². The van der Waals surface area contributed by atoms with Gasteiger partial charge < -0.3 is 4.72 Å². The Balaban J connectivity index is 2.46. The summed E-state index contributed by atoms with van der Waals surface area (Å²) in [6.45, 7) is 0. The van der Waals surface area contributed by atoms with Crippen LogP contribution in [0.15, 0.2) is 51.1 Å². The second kappa shape index (κ2) is 7.33. The fraction of sp³-hybridized carbons (Fsp3) is 0.0769. The van der Waals surface area contributed by atoms with Gasteiger partial charge in [-0.3, -0.25) is 0 Å². The van der Waals surface area contributed by atoms with Gasteiger partial charge in [-0.05, 0) is 36.4 Å². The lowest BCUT2D eigenvalue weighted by Gasteiger charge is -2.12. The van der Waals surface area contributed by atoms with Crippen molar-refractivity contribution in [3.8, 4) is 0 Å². The van der Waals surface area contributed by atoms with E-state index in [9.17, 15) is 8.42 Å². The highest BCUT2D eigenvalue weighted by Gasteiger charge is 2.14. The van der Waals surface area contributed by atoms with Crippen molar-refractivity contribution in [1.29, 1.82) is 0 Å². The molecule has 22 heavy (non-hydrogen) atoms. The van der Waals surface area contributed by atoms with E-state index in [1.807, 2.05) is 6.26 Å². The molecule has 4 nitrogen and oxygen atoms in total. The lowest BCUT2D eigenvalue weighted by molar-refractivity contribution is 0.597. The van der Waals surface area contributed by atoms with Crippen LogP contribution in [-0.4, -0.2) is 14.7 Å². The maximum absolute atomic E-state index is 11.5. The minimum Gasteiger partial charge on any atom is -0.329 e. The molecule has 0 heterocycles. The molecule has 9 heteroatoms. The van der Waals surface area contributed by atoms with Crippen molar-refractivity contribution in [2.24, 2.45) is 5.14 Å². The Hall–Kier alpha value is -0.570. The van der Waals surface area contributed by atoms with E-state index in [2.05, 4.69) is 4.72 Å². The summed E-state index contributed by atoms with van der Waals surface area (Å²) in [6.07, 6.45) is 1.87. The molecule has 2 rings (SSSR count). The third-order valence-electron chi connectivity index (χ3n) is 2.61. The maximum Gasteiger partial charge on any atom is 0.238 e. The largest absolute Gasteiger partial charge is 0.329 e. The van der Waals surface area contributed by atoms with Crippen molar-refractivity contribution in [2.45, 2.75) is 14.7 Å². The third kappa shape index (κ3) is 4.47. The SMILES string of the molecule is CSNc1ccc(S(N)(=O)=O)cc1Sc1ccc(Cl)cc1Cl. The molecular weight excluding hydrogens is 383 g/mol. The molecule has 0 saturated carbocycles. The van der Waals surface area contributed by atoms with Crippen LogP contribution in [0.5, 0.6) is 0 Å². The number of anilines is 1. The Bertz CT molecular complexity index is 798. The van der Waals surface area contributed by atoms with E-state index < -0.39 is 10.0 Å². The van der Waals surface area contributed by atoms with Crippen LogP contribution >= 0.6 is 46.9 Å². The summed E-state index contributed by atoms with van der Waals surface area (Å²) in [4.78, 5) is 1.51. The first kappa shape index (κ1) is 17.8. The predicted molar refractivity (Wildman–Crippen MR) is 95.5 cm³/mol. The highest BCUT2D eigenvalue weighted by molar-refractivity contribution is 8.00. The lowest BCUT2D eigenvalue weighted by atomic mass is 10.3. The monoisotopic (exact) mass is 394 g/mol. The molecule has 0 unspecified atom stereocenters. The van der Waals surface area contributed by atoms with Gasteiger partial charge in [0.05, 0.1) is 15.6 Å². The van der Waals surface area contributed by atoms with Gasteiger partial charge in [0.25, 0.3) is 0 Å². The van der Waals surface area contributed by atoms with Crippen LogP contribution < -0.4 is 9.86 Å². The number of nitrogens with two attached hydrogens (primary N) is 1. The summed E-state index contributed by atoms with van der Waals surface area (Å²) in [5.74, 6) is 0. The van der Waals surface area contributed by atoms with Crippen LogP contribution in [0, 0.1) is 0 Å². The number of rotatable bonds is 5. The molecule has 0 radical (unpaired) electrons. The number of sulfonamides is 1. The van der Waals surface area contributed by atoms with Crippen LogP contribution in [0.1, 0.15) is 0 Å².